The van der Waals surface area contributed by atoms with Gasteiger partial charge in [-0.2, -0.15) is 0 Å². The van der Waals surface area contributed by atoms with Gasteiger partial charge in [-0.25, -0.2) is 0 Å². The van der Waals surface area contributed by atoms with Crippen molar-refractivity contribution in [3.63, 3.8) is 0 Å². The number of rotatable bonds is 4. The highest BCUT2D eigenvalue weighted by Gasteiger charge is 2.17. The summed E-state index contributed by atoms with van der Waals surface area (Å²) >= 11 is 0. The highest BCUT2D eigenvalue weighted by Crippen LogP contribution is 2.35. The summed E-state index contributed by atoms with van der Waals surface area (Å²) in [7, 11) is 0. The lowest BCUT2D eigenvalue weighted by Crippen LogP contribution is -2.27. The van der Waals surface area contributed by atoms with Crippen LogP contribution in [0.15, 0.2) is 66.7 Å². The molecule has 1 atom stereocenters. The van der Waals surface area contributed by atoms with Crippen LogP contribution in [0.4, 0.5) is 17.1 Å². The monoisotopic (exact) mass is 290 g/mol. The van der Waals surface area contributed by atoms with Gasteiger partial charge < -0.3 is 10.6 Å². The van der Waals surface area contributed by atoms with Crippen molar-refractivity contribution in [1.29, 1.82) is 0 Å². The third kappa shape index (κ3) is 2.64. The molecular weight excluding hydrogens is 268 g/mol. The molecule has 0 heterocycles. The largest absolute Gasteiger partial charge is 0.399 e. The summed E-state index contributed by atoms with van der Waals surface area (Å²) in [6.45, 7) is 4.48. The van der Waals surface area contributed by atoms with Crippen molar-refractivity contribution < 1.29 is 0 Å². The second-order valence-electron chi connectivity index (χ2n) is 5.72. The van der Waals surface area contributed by atoms with Crippen molar-refractivity contribution in [3.8, 4) is 0 Å². The first-order chi connectivity index (χ1) is 10.7. The summed E-state index contributed by atoms with van der Waals surface area (Å²) in [6, 6.07) is 23.6. The molecule has 2 nitrogen and oxygen atoms in total. The Labute approximate surface area is 132 Å². The van der Waals surface area contributed by atoms with Gasteiger partial charge in [0.15, 0.2) is 0 Å². The predicted molar refractivity (Wildman–Crippen MR) is 96.7 cm³/mol. The zero-order valence-electron chi connectivity index (χ0n) is 13.2. The molecule has 1 unspecified atom stereocenters. The standard InChI is InChI=1S/C20H22N2/c1-3-15(2)22(18-13-11-17(21)12-14-18)20-10-6-8-16-7-4-5-9-19(16)20/h4-15H,3,21H2,1-2H3. The number of nitrogen functional groups attached to an aromatic ring is 1. The summed E-state index contributed by atoms with van der Waals surface area (Å²) in [6.07, 6.45) is 1.08. The number of nitrogens with two attached hydrogens (primary N) is 1. The smallest absolute Gasteiger partial charge is 0.0492 e. The lowest BCUT2D eigenvalue weighted by Gasteiger charge is -2.32. The highest BCUT2D eigenvalue weighted by molar-refractivity contribution is 5.96. The van der Waals surface area contributed by atoms with Gasteiger partial charge in [0.2, 0.25) is 0 Å². The van der Waals surface area contributed by atoms with Gasteiger partial charge in [0.25, 0.3) is 0 Å². The van der Waals surface area contributed by atoms with Gasteiger partial charge in [-0.1, -0.05) is 43.3 Å². The first-order valence-corrected chi connectivity index (χ1v) is 7.83. The second-order valence-corrected chi connectivity index (χ2v) is 5.72. The molecule has 3 aromatic carbocycles. The molecule has 0 saturated heterocycles. The first-order valence-electron chi connectivity index (χ1n) is 7.83. The zero-order chi connectivity index (χ0) is 15.5. The molecule has 0 aliphatic rings. The summed E-state index contributed by atoms with van der Waals surface area (Å²) in [5, 5.41) is 2.55. The van der Waals surface area contributed by atoms with Gasteiger partial charge in [-0.15, -0.1) is 0 Å². The van der Waals surface area contributed by atoms with Crippen LogP contribution < -0.4 is 10.6 Å². The first kappa shape index (κ1) is 14.5. The van der Waals surface area contributed by atoms with E-state index in [-0.39, 0.29) is 0 Å². The maximum Gasteiger partial charge on any atom is 0.0492 e. The molecule has 3 aromatic rings. The van der Waals surface area contributed by atoms with Crippen molar-refractivity contribution in [2.24, 2.45) is 0 Å². The molecule has 0 aromatic heterocycles. The molecule has 2 heteroatoms. The number of anilines is 3. The van der Waals surface area contributed by atoms with Gasteiger partial charge in [0.1, 0.15) is 0 Å². The SMILES string of the molecule is CCC(C)N(c1ccc(N)cc1)c1cccc2ccccc12. The minimum Gasteiger partial charge on any atom is -0.399 e. The Hall–Kier alpha value is -2.48. The Morgan fingerprint density at radius 1 is 0.909 bits per heavy atom. The molecule has 0 amide bonds. The quantitative estimate of drug-likeness (QED) is 0.655. The van der Waals surface area contributed by atoms with Gasteiger partial charge in [0, 0.05) is 28.5 Å². The Balaban J connectivity index is 2.18. The van der Waals surface area contributed by atoms with Crippen LogP contribution in [0.5, 0.6) is 0 Å². The second kappa shape index (κ2) is 6.10. The lowest BCUT2D eigenvalue weighted by molar-refractivity contribution is 0.689. The average Bonchev–Trinajstić information content (AvgIpc) is 2.57. The van der Waals surface area contributed by atoms with E-state index < -0.39 is 0 Å². The minimum atomic E-state index is 0.412. The molecule has 0 saturated carbocycles. The molecule has 0 aliphatic heterocycles. The topological polar surface area (TPSA) is 29.3 Å². The van der Waals surface area contributed by atoms with E-state index in [0.29, 0.717) is 6.04 Å². The Morgan fingerprint density at radius 3 is 2.32 bits per heavy atom. The third-order valence-corrected chi connectivity index (χ3v) is 4.23. The Morgan fingerprint density at radius 2 is 1.59 bits per heavy atom. The number of nitrogens with zero attached hydrogens (tertiary/aromatic N) is 1. The molecule has 0 aliphatic carbocycles. The summed E-state index contributed by atoms with van der Waals surface area (Å²) in [5.41, 5.74) is 9.07. The van der Waals surface area contributed by atoms with Crippen molar-refractivity contribution in [1.82, 2.24) is 0 Å². The number of fused-ring (bicyclic) bond motifs is 1. The van der Waals surface area contributed by atoms with E-state index in [2.05, 4.69) is 73.3 Å². The van der Waals surface area contributed by atoms with Gasteiger partial charge in [-0.05, 0) is 49.1 Å². The van der Waals surface area contributed by atoms with Crippen molar-refractivity contribution in [2.75, 3.05) is 10.6 Å². The van der Waals surface area contributed by atoms with Crippen LogP contribution in [0.3, 0.4) is 0 Å². The van der Waals surface area contributed by atoms with Crippen LogP contribution in [-0.4, -0.2) is 6.04 Å². The fourth-order valence-corrected chi connectivity index (χ4v) is 2.87. The maximum absolute atomic E-state index is 5.85. The van der Waals surface area contributed by atoms with Gasteiger partial charge in [0.05, 0.1) is 0 Å². The van der Waals surface area contributed by atoms with Crippen LogP contribution in [-0.2, 0) is 0 Å². The lowest BCUT2D eigenvalue weighted by atomic mass is 10.0. The van der Waals surface area contributed by atoms with E-state index in [4.69, 9.17) is 5.73 Å². The molecule has 112 valence electrons. The average molecular weight is 290 g/mol. The van der Waals surface area contributed by atoms with Crippen LogP contribution in [0.2, 0.25) is 0 Å². The fraction of sp³-hybridized carbons (Fsp3) is 0.200. The van der Waals surface area contributed by atoms with Crippen molar-refractivity contribution in [2.45, 2.75) is 26.3 Å². The minimum absolute atomic E-state index is 0.412. The highest BCUT2D eigenvalue weighted by atomic mass is 15.2. The zero-order valence-corrected chi connectivity index (χ0v) is 13.2. The summed E-state index contributed by atoms with van der Waals surface area (Å²) < 4.78 is 0. The number of hydrogen-bond donors (Lipinski definition) is 1. The van der Waals surface area contributed by atoms with E-state index >= 15 is 0 Å². The Bertz CT molecular complexity index is 757. The van der Waals surface area contributed by atoms with E-state index in [1.807, 2.05) is 12.1 Å². The van der Waals surface area contributed by atoms with Crippen molar-refractivity contribution in [3.05, 3.63) is 66.7 Å². The Kier molecular flexibility index (Phi) is 4.01. The predicted octanol–water partition coefficient (Wildman–Crippen LogP) is 5.36. The van der Waals surface area contributed by atoms with Crippen LogP contribution >= 0.6 is 0 Å². The normalized spacial score (nSPS) is 12.3. The molecule has 22 heavy (non-hydrogen) atoms. The molecule has 0 bridgehead atoms. The van der Waals surface area contributed by atoms with E-state index in [1.165, 1.54) is 22.1 Å². The van der Waals surface area contributed by atoms with Crippen LogP contribution in [0.1, 0.15) is 20.3 Å². The maximum atomic E-state index is 5.85. The van der Waals surface area contributed by atoms with Gasteiger partial charge in [-0.3, -0.25) is 0 Å². The molecule has 0 fully saturated rings. The van der Waals surface area contributed by atoms with Crippen molar-refractivity contribution >= 4 is 27.8 Å². The van der Waals surface area contributed by atoms with Crippen LogP contribution in [0, 0.1) is 0 Å². The molecular formula is C20H22N2. The number of benzene rings is 3. The summed E-state index contributed by atoms with van der Waals surface area (Å²) in [5.74, 6) is 0. The van der Waals surface area contributed by atoms with E-state index in [0.717, 1.165) is 12.1 Å². The number of hydrogen-bond acceptors (Lipinski definition) is 2. The molecule has 0 spiro atoms. The van der Waals surface area contributed by atoms with E-state index in [1.54, 1.807) is 0 Å². The molecule has 3 rings (SSSR count). The summed E-state index contributed by atoms with van der Waals surface area (Å²) in [4.78, 5) is 2.40. The third-order valence-electron chi connectivity index (χ3n) is 4.23. The molecule has 0 radical (unpaired) electrons. The molecule has 2 N–H and O–H groups in total. The van der Waals surface area contributed by atoms with E-state index in [9.17, 15) is 0 Å². The fourth-order valence-electron chi connectivity index (χ4n) is 2.87. The van der Waals surface area contributed by atoms with Crippen LogP contribution in [0.25, 0.3) is 10.8 Å². The van der Waals surface area contributed by atoms with Gasteiger partial charge >= 0.3 is 0 Å².